The predicted molar refractivity (Wildman–Crippen MR) is 173 cm³/mol. The molecular weight excluding hydrogens is 629 g/mol. The van der Waals surface area contributed by atoms with Crippen LogP contribution in [0.1, 0.15) is 101 Å². The van der Waals surface area contributed by atoms with Crippen LogP contribution in [0, 0.1) is 30.3 Å². The van der Waals surface area contributed by atoms with Gasteiger partial charge in [-0.3, -0.25) is 14.7 Å². The van der Waals surface area contributed by atoms with E-state index in [0.29, 0.717) is 62.7 Å². The van der Waals surface area contributed by atoms with Crippen LogP contribution in [-0.2, 0) is 27.1 Å². The van der Waals surface area contributed by atoms with Gasteiger partial charge >= 0.3 is 0 Å². The third kappa shape index (κ3) is 5.76. The Bertz CT molecular complexity index is 1680. The zero-order valence-electron chi connectivity index (χ0n) is 28.2. The van der Waals surface area contributed by atoms with Crippen molar-refractivity contribution >= 4 is 17.5 Å². The minimum atomic E-state index is -1.50. The second-order valence-electron chi connectivity index (χ2n) is 14.8. The molecule has 3 aliphatic heterocycles. The minimum Gasteiger partial charge on any atom is -0.359 e. The second kappa shape index (κ2) is 12.1. The van der Waals surface area contributed by atoms with Gasteiger partial charge < -0.3 is 9.64 Å². The Balaban J connectivity index is 1.28. The first-order valence-electron chi connectivity index (χ1n) is 16.5. The van der Waals surface area contributed by atoms with Gasteiger partial charge in [-0.2, -0.15) is 5.10 Å². The Kier molecular flexibility index (Phi) is 8.75. The Morgan fingerprint density at radius 1 is 1.06 bits per heavy atom. The lowest BCUT2D eigenvalue weighted by molar-refractivity contribution is -0.154. The fourth-order valence-corrected chi connectivity index (χ4v) is 7.99. The average Bonchev–Trinajstić information content (AvgIpc) is 3.64. The number of nitrogens with zero attached hydrogens (tertiary/aromatic N) is 6. The summed E-state index contributed by atoms with van der Waals surface area (Å²) in [6.45, 7) is 16.7. The largest absolute Gasteiger partial charge is 0.359 e. The van der Waals surface area contributed by atoms with E-state index in [2.05, 4.69) is 49.6 Å². The van der Waals surface area contributed by atoms with Gasteiger partial charge in [-0.1, -0.05) is 17.7 Å². The van der Waals surface area contributed by atoms with E-state index in [4.69, 9.17) is 21.3 Å². The van der Waals surface area contributed by atoms with Crippen molar-refractivity contribution in [3.63, 3.8) is 0 Å². The van der Waals surface area contributed by atoms with Crippen molar-refractivity contribution in [2.45, 2.75) is 103 Å². The van der Waals surface area contributed by atoms with E-state index >= 15 is 4.39 Å². The Morgan fingerprint density at radius 2 is 1.77 bits per heavy atom. The highest BCUT2D eigenvalue weighted by Crippen LogP contribution is 2.55. The number of carbonyl (C=O) groups is 1. The van der Waals surface area contributed by atoms with Gasteiger partial charge in [-0.05, 0) is 92.0 Å². The molecule has 3 atom stereocenters. The molecule has 1 amide bonds. The molecule has 0 unspecified atom stereocenters. The maximum Gasteiger partial charge on any atom is 0.226 e. The maximum atomic E-state index is 15.2. The van der Waals surface area contributed by atoms with Gasteiger partial charge in [0.15, 0.2) is 17.5 Å². The number of fused-ring (bicyclic) bond motifs is 2. The first kappa shape index (κ1) is 33.9. The topological polar surface area (TPSA) is 76.4 Å². The third-order valence-corrected chi connectivity index (χ3v) is 11.0. The number of aromatic nitrogens is 4. The number of aryl methyl sites for hydroxylation is 2. The molecule has 8 nitrogen and oxygen atoms in total. The molecule has 0 bridgehead atoms. The van der Waals surface area contributed by atoms with Crippen molar-refractivity contribution in [3.05, 3.63) is 75.3 Å². The summed E-state index contributed by atoms with van der Waals surface area (Å²) in [5, 5.41) is 4.96. The van der Waals surface area contributed by atoms with Crippen LogP contribution in [0.15, 0.2) is 24.5 Å². The van der Waals surface area contributed by atoms with Crippen LogP contribution >= 0.6 is 11.6 Å². The minimum absolute atomic E-state index is 0.0410. The van der Waals surface area contributed by atoms with Crippen LogP contribution in [0.25, 0.3) is 0 Å². The summed E-state index contributed by atoms with van der Waals surface area (Å²) in [5.74, 6) is -4.47. The number of hydrogen-bond acceptors (Lipinski definition) is 6. The van der Waals surface area contributed by atoms with Gasteiger partial charge in [-0.15, -0.1) is 0 Å². The molecule has 2 aromatic heterocycles. The first-order chi connectivity index (χ1) is 22.1. The lowest BCUT2D eigenvalue weighted by Gasteiger charge is -2.47. The molecule has 254 valence electrons. The van der Waals surface area contributed by atoms with Crippen molar-refractivity contribution in [2.75, 3.05) is 26.2 Å². The molecule has 2 saturated heterocycles. The Labute approximate surface area is 279 Å². The molecule has 2 fully saturated rings. The number of pyridine rings is 1. The molecule has 3 aromatic rings. The SMILES string of the molecule is CCn1ncnc1C(C)(C)[C@H]1OC2(CCN(C(=O)[C@@H]3CCN(C(C)(C)C)C[C@H]3c3ccc(F)c(F)c3F)CC2)c2nc(C)c(Cl)cc21. The summed E-state index contributed by atoms with van der Waals surface area (Å²) < 4.78 is 52.5. The number of carbonyl (C=O) groups excluding carboxylic acids is 1. The third-order valence-electron chi connectivity index (χ3n) is 10.6. The molecule has 0 saturated carbocycles. The highest BCUT2D eigenvalue weighted by atomic mass is 35.5. The number of piperidine rings is 2. The molecule has 5 heterocycles. The summed E-state index contributed by atoms with van der Waals surface area (Å²) in [6, 6.07) is 4.20. The van der Waals surface area contributed by atoms with Gasteiger partial charge in [0.05, 0.1) is 27.9 Å². The second-order valence-corrected chi connectivity index (χ2v) is 15.2. The molecule has 0 radical (unpaired) electrons. The zero-order chi connectivity index (χ0) is 34.1. The number of halogens is 4. The van der Waals surface area contributed by atoms with E-state index < -0.39 is 46.4 Å². The molecule has 1 spiro atoms. The lowest BCUT2D eigenvalue weighted by atomic mass is 9.77. The maximum absolute atomic E-state index is 15.2. The monoisotopic (exact) mass is 672 g/mol. The average molecular weight is 673 g/mol. The molecule has 1 aromatic carbocycles. The van der Waals surface area contributed by atoms with E-state index in [1.807, 2.05) is 29.5 Å². The Morgan fingerprint density at radius 3 is 2.43 bits per heavy atom. The zero-order valence-corrected chi connectivity index (χ0v) is 29.0. The molecule has 0 aliphatic carbocycles. The van der Waals surface area contributed by atoms with Crippen molar-refractivity contribution in [1.82, 2.24) is 29.5 Å². The molecule has 6 rings (SSSR count). The van der Waals surface area contributed by atoms with Crippen LogP contribution in [0.3, 0.4) is 0 Å². The Hall–Kier alpha value is -3.02. The summed E-state index contributed by atoms with van der Waals surface area (Å²) in [4.78, 5) is 27.8. The quantitative estimate of drug-likeness (QED) is 0.276. The number of hydrogen-bond donors (Lipinski definition) is 0. The van der Waals surface area contributed by atoms with Gasteiger partial charge in [0.2, 0.25) is 5.91 Å². The predicted octanol–water partition coefficient (Wildman–Crippen LogP) is 6.84. The summed E-state index contributed by atoms with van der Waals surface area (Å²) in [5.41, 5.74) is 0.965. The number of benzene rings is 1. The van der Waals surface area contributed by atoms with E-state index in [1.165, 1.54) is 6.07 Å². The van der Waals surface area contributed by atoms with Crippen LogP contribution in [0.5, 0.6) is 0 Å². The molecule has 12 heteroatoms. The van der Waals surface area contributed by atoms with Crippen LogP contribution < -0.4 is 0 Å². The number of likely N-dealkylation sites (tertiary alicyclic amines) is 2. The van der Waals surface area contributed by atoms with Crippen LogP contribution in [0.2, 0.25) is 5.02 Å². The lowest BCUT2D eigenvalue weighted by Crippen LogP contribution is -2.54. The van der Waals surface area contributed by atoms with Crippen molar-refractivity contribution in [3.8, 4) is 0 Å². The first-order valence-corrected chi connectivity index (χ1v) is 16.9. The molecule has 47 heavy (non-hydrogen) atoms. The number of amides is 1. The fraction of sp³-hybridized carbons (Fsp3) is 0.600. The molecular formula is C35H44ClF3N6O2. The van der Waals surface area contributed by atoms with Gasteiger partial charge in [-0.25, -0.2) is 22.8 Å². The summed E-state index contributed by atoms with van der Waals surface area (Å²) >= 11 is 6.62. The normalized spacial score (nSPS) is 23.4. The van der Waals surface area contributed by atoms with E-state index in [0.717, 1.165) is 23.1 Å². The van der Waals surface area contributed by atoms with Crippen LogP contribution in [0.4, 0.5) is 13.2 Å². The van der Waals surface area contributed by atoms with E-state index in [9.17, 15) is 13.6 Å². The van der Waals surface area contributed by atoms with E-state index in [1.54, 1.807) is 6.33 Å². The van der Waals surface area contributed by atoms with Crippen molar-refractivity contribution in [2.24, 2.45) is 5.92 Å². The fourth-order valence-electron chi connectivity index (χ4n) is 7.83. The van der Waals surface area contributed by atoms with Gasteiger partial charge in [0.1, 0.15) is 17.8 Å². The highest BCUT2D eigenvalue weighted by Gasteiger charge is 2.54. The summed E-state index contributed by atoms with van der Waals surface area (Å²) in [7, 11) is 0. The standard InChI is InChI=1S/C35H44ClF3N6O2/c1-8-45-32(40-19-41-45)34(6,7)30-23-17-25(36)20(2)42-29(23)35(47-30)12-15-43(16-13-35)31(46)22-11-14-44(33(3,4)5)18-24(22)21-9-10-26(37)28(39)27(21)38/h9-10,17,19,22,24,30H,8,11-16,18H2,1-7H3/t22-,24+,30+/m1/s1. The number of rotatable bonds is 5. The molecule has 3 aliphatic rings. The van der Waals surface area contributed by atoms with E-state index in [-0.39, 0.29) is 17.0 Å². The molecule has 0 N–H and O–H groups in total. The van der Waals surface area contributed by atoms with Crippen molar-refractivity contribution < 1.29 is 22.7 Å². The smallest absolute Gasteiger partial charge is 0.226 e. The highest BCUT2D eigenvalue weighted by molar-refractivity contribution is 6.31. The van der Waals surface area contributed by atoms with Gasteiger partial charge in [0.25, 0.3) is 0 Å². The van der Waals surface area contributed by atoms with Gasteiger partial charge in [0, 0.05) is 49.1 Å². The summed E-state index contributed by atoms with van der Waals surface area (Å²) in [6.07, 6.45) is 2.66. The van der Waals surface area contributed by atoms with Crippen molar-refractivity contribution in [1.29, 1.82) is 0 Å². The van der Waals surface area contributed by atoms with Crippen LogP contribution in [-0.4, -0.2) is 67.2 Å². The number of ether oxygens (including phenoxy) is 1.